The molecular weight excluding hydrogens is 295 g/mol. The van der Waals surface area contributed by atoms with Crippen molar-refractivity contribution in [3.8, 4) is 0 Å². The molecule has 2 aromatic rings. The Morgan fingerprint density at radius 3 is 2.47 bits per heavy atom. The van der Waals surface area contributed by atoms with E-state index in [2.05, 4.69) is 15.6 Å². The fraction of sp³-hybridized carbons (Fsp3) is 0.0833. The van der Waals surface area contributed by atoms with Crippen LogP contribution in [0.15, 0.2) is 24.3 Å². The van der Waals surface area contributed by atoms with Gasteiger partial charge >= 0.3 is 0 Å². The lowest BCUT2D eigenvalue weighted by molar-refractivity contribution is 0.511. The van der Waals surface area contributed by atoms with Crippen molar-refractivity contribution in [3.63, 3.8) is 0 Å². The van der Waals surface area contributed by atoms with Gasteiger partial charge in [-0.3, -0.25) is 0 Å². The summed E-state index contributed by atoms with van der Waals surface area (Å²) in [4.78, 5) is 4.08. The van der Waals surface area contributed by atoms with Crippen LogP contribution in [0.4, 0.5) is 26.1 Å². The molecule has 0 saturated carbocycles. The first-order valence-electron chi connectivity index (χ1n) is 5.27. The summed E-state index contributed by atoms with van der Waals surface area (Å²) < 4.78 is 26.6. The molecule has 2 N–H and O–H groups in total. The van der Waals surface area contributed by atoms with Crippen molar-refractivity contribution in [1.29, 1.82) is 0 Å². The summed E-state index contributed by atoms with van der Waals surface area (Å²) in [6, 6.07) is 5.24. The van der Waals surface area contributed by atoms with Crippen molar-refractivity contribution >= 4 is 40.5 Å². The Bertz CT molecular complexity index is 620. The molecule has 1 aromatic carbocycles. The minimum absolute atomic E-state index is 0.0567. The fourth-order valence-electron chi connectivity index (χ4n) is 1.46. The zero-order valence-corrected chi connectivity index (χ0v) is 11.3. The Morgan fingerprint density at radius 2 is 1.79 bits per heavy atom. The van der Waals surface area contributed by atoms with Gasteiger partial charge in [0.25, 0.3) is 0 Å². The predicted molar refractivity (Wildman–Crippen MR) is 73.4 cm³/mol. The van der Waals surface area contributed by atoms with E-state index in [1.54, 1.807) is 7.05 Å². The second kappa shape index (κ2) is 5.59. The van der Waals surface area contributed by atoms with Gasteiger partial charge < -0.3 is 10.6 Å². The van der Waals surface area contributed by atoms with Gasteiger partial charge in [0.2, 0.25) is 0 Å². The molecule has 0 aliphatic carbocycles. The second-order valence-corrected chi connectivity index (χ2v) is 4.44. The Balaban J connectivity index is 2.41. The summed E-state index contributed by atoms with van der Waals surface area (Å²) >= 11 is 11.8. The molecule has 0 saturated heterocycles. The molecule has 1 aromatic heterocycles. The van der Waals surface area contributed by atoms with E-state index in [0.29, 0.717) is 10.8 Å². The van der Waals surface area contributed by atoms with Crippen molar-refractivity contribution in [2.45, 2.75) is 0 Å². The van der Waals surface area contributed by atoms with Crippen molar-refractivity contribution < 1.29 is 8.78 Å². The molecule has 1 heterocycles. The van der Waals surface area contributed by atoms with Crippen LogP contribution >= 0.6 is 23.2 Å². The smallest absolute Gasteiger partial charge is 0.182 e. The van der Waals surface area contributed by atoms with E-state index in [-0.39, 0.29) is 16.5 Å². The van der Waals surface area contributed by atoms with E-state index in [1.807, 2.05) is 0 Å². The Hall–Kier alpha value is -1.59. The summed E-state index contributed by atoms with van der Waals surface area (Å²) in [6.07, 6.45) is 0. The number of hydrogen-bond donors (Lipinski definition) is 2. The first kappa shape index (κ1) is 13.8. The minimum atomic E-state index is -0.999. The van der Waals surface area contributed by atoms with Crippen LogP contribution in [0.3, 0.4) is 0 Å². The highest BCUT2D eigenvalue weighted by atomic mass is 35.5. The third-order valence-corrected chi connectivity index (χ3v) is 2.95. The number of benzene rings is 1. The molecule has 19 heavy (non-hydrogen) atoms. The summed E-state index contributed by atoms with van der Waals surface area (Å²) in [5.74, 6) is -1.39. The maximum Gasteiger partial charge on any atom is 0.182 e. The molecule has 0 atom stereocenters. The van der Waals surface area contributed by atoms with Crippen LogP contribution in [-0.2, 0) is 0 Å². The quantitative estimate of drug-likeness (QED) is 0.879. The minimum Gasteiger partial charge on any atom is -0.372 e. The van der Waals surface area contributed by atoms with E-state index in [1.165, 1.54) is 18.2 Å². The third-order valence-electron chi connectivity index (χ3n) is 2.37. The first-order chi connectivity index (χ1) is 9.02. The molecule has 0 aliphatic heterocycles. The van der Waals surface area contributed by atoms with E-state index < -0.39 is 11.6 Å². The number of anilines is 3. The number of pyridine rings is 1. The first-order valence-corrected chi connectivity index (χ1v) is 6.03. The van der Waals surface area contributed by atoms with Gasteiger partial charge in [0.05, 0.1) is 15.7 Å². The molecule has 3 nitrogen and oxygen atoms in total. The summed E-state index contributed by atoms with van der Waals surface area (Å²) in [5, 5.41) is 5.92. The van der Waals surface area contributed by atoms with Crippen LogP contribution in [0, 0.1) is 11.6 Å². The zero-order chi connectivity index (χ0) is 14.0. The molecule has 0 radical (unpaired) electrons. The van der Waals surface area contributed by atoms with Crippen LogP contribution in [0.1, 0.15) is 0 Å². The predicted octanol–water partition coefficient (Wildman–Crippen LogP) is 4.45. The fourth-order valence-corrected chi connectivity index (χ4v) is 1.96. The standard InChI is InChI=1S/C12H9Cl2F2N3/c1-17-11-6(13)5-7(14)12(19-11)18-9-4-2-3-8(15)10(9)16/h2-5H,1H3,(H2,17,18,19). The third kappa shape index (κ3) is 2.88. The van der Waals surface area contributed by atoms with E-state index >= 15 is 0 Å². The summed E-state index contributed by atoms with van der Waals surface area (Å²) in [5.41, 5.74) is -0.0567. The Kier molecular flexibility index (Phi) is 4.07. The summed E-state index contributed by atoms with van der Waals surface area (Å²) in [7, 11) is 1.63. The summed E-state index contributed by atoms with van der Waals surface area (Å²) in [6.45, 7) is 0. The number of hydrogen-bond acceptors (Lipinski definition) is 3. The topological polar surface area (TPSA) is 37.0 Å². The van der Waals surface area contributed by atoms with Gasteiger partial charge in [0.1, 0.15) is 5.82 Å². The molecule has 7 heteroatoms. The molecular formula is C12H9Cl2F2N3. The highest BCUT2D eigenvalue weighted by Crippen LogP contribution is 2.31. The Morgan fingerprint density at radius 1 is 1.11 bits per heavy atom. The van der Waals surface area contributed by atoms with Gasteiger partial charge in [-0.15, -0.1) is 0 Å². The van der Waals surface area contributed by atoms with E-state index in [0.717, 1.165) is 6.07 Å². The number of aromatic nitrogens is 1. The lowest BCUT2D eigenvalue weighted by Crippen LogP contribution is -2.01. The highest BCUT2D eigenvalue weighted by molar-refractivity contribution is 6.37. The average Bonchev–Trinajstić information content (AvgIpc) is 2.38. The lowest BCUT2D eigenvalue weighted by atomic mass is 10.3. The van der Waals surface area contributed by atoms with Crippen molar-refractivity contribution in [2.24, 2.45) is 0 Å². The molecule has 0 unspecified atom stereocenters. The molecule has 100 valence electrons. The van der Waals surface area contributed by atoms with E-state index in [9.17, 15) is 8.78 Å². The SMILES string of the molecule is CNc1nc(Nc2cccc(F)c2F)c(Cl)cc1Cl. The van der Waals surface area contributed by atoms with Gasteiger partial charge in [-0.05, 0) is 18.2 Å². The maximum atomic E-state index is 13.5. The largest absolute Gasteiger partial charge is 0.372 e. The lowest BCUT2D eigenvalue weighted by Gasteiger charge is -2.11. The van der Waals surface area contributed by atoms with Crippen molar-refractivity contribution in [1.82, 2.24) is 4.98 Å². The van der Waals surface area contributed by atoms with Crippen molar-refractivity contribution in [3.05, 3.63) is 45.9 Å². The van der Waals surface area contributed by atoms with Gasteiger partial charge in [-0.25, -0.2) is 13.8 Å². The Labute approximate surface area is 118 Å². The van der Waals surface area contributed by atoms with Crippen LogP contribution in [0.5, 0.6) is 0 Å². The normalized spacial score (nSPS) is 10.4. The molecule has 0 aliphatic rings. The monoisotopic (exact) mass is 303 g/mol. The van der Waals surface area contributed by atoms with Gasteiger partial charge in [0.15, 0.2) is 17.5 Å². The van der Waals surface area contributed by atoms with Crippen molar-refractivity contribution in [2.75, 3.05) is 17.7 Å². The molecule has 0 fully saturated rings. The van der Waals surface area contributed by atoms with Gasteiger partial charge in [0, 0.05) is 7.05 Å². The highest BCUT2D eigenvalue weighted by Gasteiger charge is 2.12. The van der Waals surface area contributed by atoms with Crippen LogP contribution in [0.25, 0.3) is 0 Å². The van der Waals surface area contributed by atoms with Crippen LogP contribution < -0.4 is 10.6 Å². The van der Waals surface area contributed by atoms with E-state index in [4.69, 9.17) is 23.2 Å². The molecule has 0 spiro atoms. The van der Waals surface area contributed by atoms with Crippen LogP contribution in [-0.4, -0.2) is 12.0 Å². The second-order valence-electron chi connectivity index (χ2n) is 3.63. The van der Waals surface area contributed by atoms with Gasteiger partial charge in [-0.2, -0.15) is 0 Å². The number of halogens is 4. The van der Waals surface area contributed by atoms with Gasteiger partial charge in [-0.1, -0.05) is 29.3 Å². The van der Waals surface area contributed by atoms with Crippen LogP contribution in [0.2, 0.25) is 10.0 Å². The maximum absolute atomic E-state index is 13.5. The number of rotatable bonds is 3. The molecule has 0 bridgehead atoms. The number of nitrogens with zero attached hydrogens (tertiary/aromatic N) is 1. The average molecular weight is 304 g/mol. The number of nitrogens with one attached hydrogen (secondary N) is 2. The molecule has 2 rings (SSSR count). The molecule has 0 amide bonds. The zero-order valence-electron chi connectivity index (χ0n) is 9.77.